The Balaban J connectivity index is 1.86. The van der Waals surface area contributed by atoms with Crippen molar-refractivity contribution in [3.05, 3.63) is 30.1 Å². The van der Waals surface area contributed by atoms with Crippen LogP contribution in [-0.2, 0) is 13.0 Å². The monoisotopic (exact) mass is 458 g/mol. The predicted molar refractivity (Wildman–Crippen MR) is 148 cm³/mol. The molecule has 0 radical (unpaired) electrons. The van der Waals surface area contributed by atoms with Crippen LogP contribution in [0, 0.1) is 0 Å². The molecule has 0 aliphatic heterocycles. The van der Waals surface area contributed by atoms with E-state index in [0.717, 1.165) is 0 Å². The fraction of sp³-hybridized carbons (Fsp3) is 0.844. The quantitative estimate of drug-likeness (QED) is 0.101. The van der Waals surface area contributed by atoms with Crippen molar-refractivity contribution < 1.29 is 4.57 Å². The van der Waals surface area contributed by atoms with Crippen molar-refractivity contribution in [2.75, 3.05) is 0 Å². The summed E-state index contributed by atoms with van der Waals surface area (Å²) in [6.07, 6.45) is 38.8. The average molecular weight is 459 g/mol. The molecule has 192 valence electrons. The number of aryl methyl sites for hydroxylation is 2. The number of nitrogens with zero attached hydrogens (tertiary/aromatic N) is 1. The molecule has 1 aromatic rings. The van der Waals surface area contributed by atoms with Gasteiger partial charge in [-0.25, -0.2) is 4.57 Å². The molecule has 0 aliphatic rings. The number of rotatable bonds is 25. The minimum absolute atomic E-state index is 1.19. The van der Waals surface area contributed by atoms with Crippen LogP contribution in [0.4, 0.5) is 0 Å². The molecule has 1 aromatic heterocycles. The van der Waals surface area contributed by atoms with Gasteiger partial charge in [-0.1, -0.05) is 142 Å². The maximum absolute atomic E-state index is 2.38. The summed E-state index contributed by atoms with van der Waals surface area (Å²) in [6, 6.07) is 4.71. The van der Waals surface area contributed by atoms with Gasteiger partial charge in [0, 0.05) is 18.6 Å². The van der Waals surface area contributed by atoms with E-state index < -0.39 is 0 Å². The minimum atomic E-state index is 1.19. The predicted octanol–water partition coefficient (Wildman–Crippen LogP) is 10.5. The van der Waals surface area contributed by atoms with Crippen molar-refractivity contribution >= 4 is 0 Å². The van der Waals surface area contributed by atoms with Crippen molar-refractivity contribution in [3.8, 4) is 0 Å². The zero-order valence-electron chi connectivity index (χ0n) is 22.9. The molecule has 0 aromatic carbocycles. The molecule has 0 spiro atoms. The van der Waals surface area contributed by atoms with Gasteiger partial charge in [0.15, 0.2) is 12.4 Å². The van der Waals surface area contributed by atoms with Crippen LogP contribution < -0.4 is 4.57 Å². The van der Waals surface area contributed by atoms with E-state index in [1.807, 2.05) is 0 Å². The summed E-state index contributed by atoms with van der Waals surface area (Å²) in [6.45, 7) is 5.79. The van der Waals surface area contributed by atoms with E-state index in [1.54, 1.807) is 0 Å². The maximum atomic E-state index is 2.38. The molecule has 0 aliphatic carbocycles. The summed E-state index contributed by atoms with van der Waals surface area (Å²) in [5, 5.41) is 0. The van der Waals surface area contributed by atoms with Gasteiger partial charge in [0.1, 0.15) is 6.54 Å². The van der Waals surface area contributed by atoms with Crippen LogP contribution in [0.15, 0.2) is 24.5 Å². The summed E-state index contributed by atoms with van der Waals surface area (Å²) in [5.74, 6) is 0. The molecule has 1 heteroatoms. The Morgan fingerprint density at radius 2 is 0.758 bits per heavy atom. The first-order chi connectivity index (χ1) is 16.4. The van der Waals surface area contributed by atoms with Gasteiger partial charge in [0.2, 0.25) is 0 Å². The molecule has 0 amide bonds. The third-order valence-electron chi connectivity index (χ3n) is 7.30. The van der Waals surface area contributed by atoms with E-state index in [1.165, 1.54) is 166 Å². The lowest BCUT2D eigenvalue weighted by atomic mass is 10.0. The first kappa shape index (κ1) is 30.2. The van der Waals surface area contributed by atoms with Gasteiger partial charge in [0.25, 0.3) is 0 Å². The SMILES string of the molecule is CCCCCCCCCCCCCCCCCc1cc[n+](CCCCCCCCCC)cc1. The molecular formula is C32H60N+. The molecule has 0 atom stereocenters. The Bertz CT molecular complexity index is 492. The van der Waals surface area contributed by atoms with Gasteiger partial charge < -0.3 is 0 Å². The lowest BCUT2D eigenvalue weighted by molar-refractivity contribution is -0.697. The number of pyridine rings is 1. The molecule has 0 saturated heterocycles. The van der Waals surface area contributed by atoms with E-state index >= 15 is 0 Å². The van der Waals surface area contributed by atoms with Gasteiger partial charge in [-0.3, -0.25) is 0 Å². The Labute approximate surface area is 209 Å². The van der Waals surface area contributed by atoms with Gasteiger partial charge in [-0.05, 0) is 24.8 Å². The third kappa shape index (κ3) is 20.3. The topological polar surface area (TPSA) is 3.88 Å². The lowest BCUT2D eigenvalue weighted by Gasteiger charge is -2.04. The molecule has 1 heterocycles. The van der Waals surface area contributed by atoms with Crippen molar-refractivity contribution in [1.82, 2.24) is 0 Å². The highest BCUT2D eigenvalue weighted by molar-refractivity contribution is 5.07. The smallest absolute Gasteiger partial charge is 0.169 e. The van der Waals surface area contributed by atoms with E-state index in [9.17, 15) is 0 Å². The van der Waals surface area contributed by atoms with Gasteiger partial charge in [-0.15, -0.1) is 0 Å². The minimum Gasteiger partial charge on any atom is -0.205 e. The van der Waals surface area contributed by atoms with Crippen LogP contribution in [0.25, 0.3) is 0 Å². The number of aromatic nitrogens is 1. The Kier molecular flexibility index (Phi) is 22.2. The second-order valence-electron chi connectivity index (χ2n) is 10.6. The third-order valence-corrected chi connectivity index (χ3v) is 7.30. The van der Waals surface area contributed by atoms with Crippen molar-refractivity contribution in [2.45, 2.75) is 174 Å². The van der Waals surface area contributed by atoms with Crippen LogP contribution in [0.5, 0.6) is 0 Å². The zero-order chi connectivity index (χ0) is 23.7. The summed E-state index contributed by atoms with van der Waals surface area (Å²) in [4.78, 5) is 0. The Morgan fingerprint density at radius 3 is 1.15 bits per heavy atom. The molecule has 0 unspecified atom stereocenters. The van der Waals surface area contributed by atoms with Crippen LogP contribution in [0.1, 0.15) is 167 Å². The number of unbranched alkanes of at least 4 members (excludes halogenated alkanes) is 21. The molecule has 0 fully saturated rings. The summed E-state index contributed by atoms with van der Waals surface area (Å²) >= 11 is 0. The summed E-state index contributed by atoms with van der Waals surface area (Å²) < 4.78 is 2.38. The highest BCUT2D eigenvalue weighted by Gasteiger charge is 2.02. The Hall–Kier alpha value is -0.850. The fourth-order valence-electron chi connectivity index (χ4n) is 4.93. The average Bonchev–Trinajstić information content (AvgIpc) is 2.84. The van der Waals surface area contributed by atoms with E-state index in [0.29, 0.717) is 0 Å². The van der Waals surface area contributed by atoms with E-state index in [-0.39, 0.29) is 0 Å². The van der Waals surface area contributed by atoms with E-state index in [2.05, 4.69) is 42.9 Å². The van der Waals surface area contributed by atoms with Crippen LogP contribution >= 0.6 is 0 Å². The second kappa shape index (κ2) is 24.3. The summed E-state index contributed by atoms with van der Waals surface area (Å²) in [7, 11) is 0. The Morgan fingerprint density at radius 1 is 0.424 bits per heavy atom. The number of hydrogen-bond donors (Lipinski definition) is 0. The second-order valence-corrected chi connectivity index (χ2v) is 10.6. The lowest BCUT2D eigenvalue weighted by Crippen LogP contribution is -2.32. The highest BCUT2D eigenvalue weighted by Crippen LogP contribution is 2.14. The van der Waals surface area contributed by atoms with Gasteiger partial charge in [0.05, 0.1) is 0 Å². The number of hydrogen-bond acceptors (Lipinski definition) is 0. The van der Waals surface area contributed by atoms with E-state index in [4.69, 9.17) is 0 Å². The first-order valence-corrected chi connectivity index (χ1v) is 15.3. The molecule has 0 bridgehead atoms. The summed E-state index contributed by atoms with van der Waals surface area (Å²) in [5.41, 5.74) is 1.52. The van der Waals surface area contributed by atoms with Gasteiger partial charge >= 0.3 is 0 Å². The van der Waals surface area contributed by atoms with Crippen LogP contribution in [0.2, 0.25) is 0 Å². The van der Waals surface area contributed by atoms with Crippen LogP contribution in [-0.4, -0.2) is 0 Å². The molecule has 0 N–H and O–H groups in total. The maximum Gasteiger partial charge on any atom is 0.169 e. The standard InChI is InChI=1S/C32H60N/c1-3-5-7-9-11-13-14-15-16-17-18-19-20-22-24-26-32-27-30-33(31-28-32)29-25-23-21-12-10-8-6-4-2/h27-28,30-31H,3-26,29H2,1-2H3/q+1. The zero-order valence-corrected chi connectivity index (χ0v) is 22.9. The first-order valence-electron chi connectivity index (χ1n) is 15.3. The fourth-order valence-corrected chi connectivity index (χ4v) is 4.93. The van der Waals surface area contributed by atoms with Gasteiger partial charge in [-0.2, -0.15) is 0 Å². The highest BCUT2D eigenvalue weighted by atomic mass is 14.9. The van der Waals surface area contributed by atoms with Crippen molar-refractivity contribution in [1.29, 1.82) is 0 Å². The molecular weight excluding hydrogens is 398 g/mol. The van der Waals surface area contributed by atoms with Crippen molar-refractivity contribution in [3.63, 3.8) is 0 Å². The molecule has 0 saturated carbocycles. The molecule has 1 nitrogen and oxygen atoms in total. The molecule has 1 rings (SSSR count). The normalized spacial score (nSPS) is 11.3. The molecule has 33 heavy (non-hydrogen) atoms. The largest absolute Gasteiger partial charge is 0.205 e. The van der Waals surface area contributed by atoms with Crippen molar-refractivity contribution in [2.24, 2.45) is 0 Å². The van der Waals surface area contributed by atoms with Crippen LogP contribution in [0.3, 0.4) is 0 Å².